The Kier molecular flexibility index (Phi) is 18.8. The Morgan fingerprint density at radius 2 is 1.54 bits per heavy atom. The maximum Gasteiger partial charge on any atom is 4.00 e. The van der Waals surface area contributed by atoms with Crippen molar-refractivity contribution >= 4 is 16.3 Å². The summed E-state index contributed by atoms with van der Waals surface area (Å²) in [5.74, 6) is 1.42. The predicted molar refractivity (Wildman–Crippen MR) is 92.9 cm³/mol. The van der Waals surface area contributed by atoms with Gasteiger partial charge < -0.3 is 35.8 Å². The van der Waals surface area contributed by atoms with Gasteiger partial charge in [0.05, 0.1) is 0 Å². The van der Waals surface area contributed by atoms with Crippen LogP contribution >= 0.6 is 0 Å². The molecular weight excluding hydrogens is 375 g/mol. The van der Waals surface area contributed by atoms with Crippen LogP contribution in [-0.2, 0) is 21.7 Å². The summed E-state index contributed by atoms with van der Waals surface area (Å²) >= 11 is 0. The molecule has 1 N–H and O–H groups in total. The molecule has 0 saturated carbocycles. The number of allylic oxidation sites excluding steroid dienone is 4. The molecular formula is C20H24Cl2OTi. The molecule has 1 aliphatic rings. The van der Waals surface area contributed by atoms with Gasteiger partial charge in [-0.05, 0) is 6.42 Å². The van der Waals surface area contributed by atoms with E-state index in [4.69, 9.17) is 5.11 Å². The van der Waals surface area contributed by atoms with E-state index in [-0.39, 0.29) is 46.5 Å². The van der Waals surface area contributed by atoms with Gasteiger partial charge in [0.1, 0.15) is 0 Å². The third kappa shape index (κ3) is 9.66. The Hall–Kier alpha value is -0.566. The molecule has 1 aliphatic carbocycles. The van der Waals surface area contributed by atoms with E-state index in [0.29, 0.717) is 0 Å². The maximum atomic E-state index is 7.00. The molecule has 0 bridgehead atoms. The number of benzene rings is 2. The minimum atomic E-state index is 0. The zero-order valence-corrected chi connectivity index (χ0v) is 17.7. The second-order valence-corrected chi connectivity index (χ2v) is 5.28. The zero-order valence-electron chi connectivity index (χ0n) is 14.6. The summed E-state index contributed by atoms with van der Waals surface area (Å²) in [5, 5.41) is 9.45. The first-order valence-electron chi connectivity index (χ1n) is 7.15. The molecule has 0 atom stereocenters. The fourth-order valence-electron chi connectivity index (χ4n) is 1.95. The van der Waals surface area contributed by atoms with Gasteiger partial charge in [-0.15, -0.1) is 40.8 Å². The number of hydrogen-bond acceptors (Lipinski definition) is 1. The fraction of sp³-hybridized carbons (Fsp3) is 0.250. The van der Waals surface area contributed by atoms with Crippen LogP contribution in [-0.4, -0.2) is 12.2 Å². The first kappa shape index (κ1) is 28.2. The summed E-state index contributed by atoms with van der Waals surface area (Å²) in [5.41, 5.74) is 2.58. The standard InChI is InChI=1S/C15H11.C4H9.CH4O.2ClH.Ti/c1-2-6-12(5-1)15-10-9-13-7-3-4-8-14(13)11-15;1-4(2)3;1-2;;;/h1-5,7-10H,6H2;1-3H3;2H,1H3;2*1H;/q2*-1;;;;+4/p-2. The summed E-state index contributed by atoms with van der Waals surface area (Å²) in [6.45, 7) is 6.25. The van der Waals surface area contributed by atoms with Crippen molar-refractivity contribution in [2.75, 3.05) is 7.11 Å². The van der Waals surface area contributed by atoms with Gasteiger partial charge in [-0.2, -0.15) is 20.8 Å². The van der Waals surface area contributed by atoms with E-state index in [1.54, 1.807) is 0 Å². The van der Waals surface area contributed by atoms with E-state index in [2.05, 4.69) is 81.5 Å². The number of fused-ring (bicyclic) bond motifs is 1. The SMILES string of the molecule is CO.C[C-](C)C.[Cl-].[Cl-].[Ti+4].[c-]1c(C2=CC=CC2)ccc2ccccc12. The van der Waals surface area contributed by atoms with Crippen LogP contribution in [0.2, 0.25) is 0 Å². The minimum Gasteiger partial charge on any atom is -1.00 e. The minimum absolute atomic E-state index is 0. The van der Waals surface area contributed by atoms with Crippen LogP contribution in [0.15, 0.2) is 54.6 Å². The first-order chi connectivity index (χ1) is 10.2. The van der Waals surface area contributed by atoms with E-state index in [1.165, 1.54) is 27.8 Å². The number of rotatable bonds is 1. The van der Waals surface area contributed by atoms with Gasteiger partial charge in [-0.3, -0.25) is 0 Å². The van der Waals surface area contributed by atoms with Crippen molar-refractivity contribution in [1.82, 2.24) is 0 Å². The molecule has 128 valence electrons. The molecule has 0 aromatic heterocycles. The largest absolute Gasteiger partial charge is 4.00 e. The van der Waals surface area contributed by atoms with Gasteiger partial charge in [-0.25, -0.2) is 0 Å². The second kappa shape index (κ2) is 15.9. The summed E-state index contributed by atoms with van der Waals surface area (Å²) < 4.78 is 0. The van der Waals surface area contributed by atoms with Crippen LogP contribution < -0.4 is 24.8 Å². The molecule has 0 aliphatic heterocycles. The van der Waals surface area contributed by atoms with Crippen molar-refractivity contribution in [1.29, 1.82) is 0 Å². The van der Waals surface area contributed by atoms with Gasteiger partial charge in [0.25, 0.3) is 0 Å². The van der Waals surface area contributed by atoms with Gasteiger partial charge in [0.2, 0.25) is 0 Å². The molecule has 0 fully saturated rings. The van der Waals surface area contributed by atoms with Gasteiger partial charge in [-0.1, -0.05) is 41.8 Å². The number of aliphatic hydroxyl groups excluding tert-OH is 1. The normalized spacial score (nSPS) is 10.8. The average Bonchev–Trinajstić information content (AvgIpc) is 3.02. The van der Waals surface area contributed by atoms with E-state index in [0.717, 1.165) is 13.5 Å². The Bertz CT molecular complexity index is 619. The molecule has 0 radical (unpaired) electrons. The summed E-state index contributed by atoms with van der Waals surface area (Å²) in [4.78, 5) is 0. The Balaban J connectivity index is -0.000000438. The molecule has 24 heavy (non-hydrogen) atoms. The quantitative estimate of drug-likeness (QED) is 0.493. The van der Waals surface area contributed by atoms with E-state index < -0.39 is 0 Å². The number of halogens is 2. The van der Waals surface area contributed by atoms with Crippen molar-refractivity contribution in [2.24, 2.45) is 0 Å². The van der Waals surface area contributed by atoms with Crippen LogP contribution in [0.3, 0.4) is 0 Å². The van der Waals surface area contributed by atoms with Crippen LogP contribution in [0.25, 0.3) is 16.3 Å². The van der Waals surface area contributed by atoms with Crippen molar-refractivity contribution in [3.63, 3.8) is 0 Å². The predicted octanol–water partition coefficient (Wildman–Crippen LogP) is -0.782. The van der Waals surface area contributed by atoms with Gasteiger partial charge >= 0.3 is 21.7 Å². The van der Waals surface area contributed by atoms with E-state index in [9.17, 15) is 0 Å². The Morgan fingerprint density at radius 1 is 0.958 bits per heavy atom. The molecule has 1 nitrogen and oxygen atoms in total. The molecule has 3 rings (SSSR count). The van der Waals surface area contributed by atoms with E-state index >= 15 is 0 Å². The molecule has 0 spiro atoms. The van der Waals surface area contributed by atoms with Crippen LogP contribution in [0.4, 0.5) is 0 Å². The fourth-order valence-corrected chi connectivity index (χ4v) is 1.95. The molecule has 0 amide bonds. The summed E-state index contributed by atoms with van der Waals surface area (Å²) in [6, 6.07) is 16.1. The number of aliphatic hydroxyl groups is 1. The molecule has 4 heteroatoms. The Labute approximate surface area is 173 Å². The van der Waals surface area contributed by atoms with Gasteiger partial charge in [0, 0.05) is 7.11 Å². The van der Waals surface area contributed by atoms with Crippen molar-refractivity contribution in [3.8, 4) is 0 Å². The molecule has 2 aromatic rings. The van der Waals surface area contributed by atoms with Crippen LogP contribution in [0.1, 0.15) is 32.8 Å². The number of hydrogen-bond donors (Lipinski definition) is 1. The van der Waals surface area contributed by atoms with E-state index in [1.807, 2.05) is 0 Å². The Morgan fingerprint density at radius 3 is 2.08 bits per heavy atom. The average molecular weight is 399 g/mol. The summed E-state index contributed by atoms with van der Waals surface area (Å²) in [6.07, 6.45) is 7.49. The van der Waals surface area contributed by atoms with Gasteiger partial charge in [0.15, 0.2) is 0 Å². The molecule has 0 heterocycles. The second-order valence-electron chi connectivity index (χ2n) is 5.28. The van der Waals surface area contributed by atoms with Crippen LogP contribution in [0, 0.1) is 12.0 Å². The molecule has 2 aromatic carbocycles. The monoisotopic (exact) mass is 398 g/mol. The van der Waals surface area contributed by atoms with Crippen molar-refractivity contribution in [2.45, 2.75) is 27.2 Å². The topological polar surface area (TPSA) is 20.2 Å². The summed E-state index contributed by atoms with van der Waals surface area (Å²) in [7, 11) is 1.00. The molecule has 0 saturated heterocycles. The van der Waals surface area contributed by atoms with Crippen molar-refractivity contribution < 1.29 is 51.6 Å². The van der Waals surface area contributed by atoms with Crippen molar-refractivity contribution in [3.05, 3.63) is 72.2 Å². The zero-order chi connectivity index (χ0) is 15.7. The third-order valence-electron chi connectivity index (χ3n) is 2.78. The third-order valence-corrected chi connectivity index (χ3v) is 2.78. The first-order valence-corrected chi connectivity index (χ1v) is 7.15. The smallest absolute Gasteiger partial charge is 1.00 e. The molecule has 0 unspecified atom stereocenters. The maximum absolute atomic E-state index is 7.00. The van der Waals surface area contributed by atoms with Crippen LogP contribution in [0.5, 0.6) is 0 Å².